The molecule has 4 nitrogen and oxygen atoms in total. The molecule has 0 fully saturated rings. The maximum atomic E-state index is 8.88. The number of rotatable bonds is 0. The van der Waals surface area contributed by atoms with Crippen molar-refractivity contribution in [3.63, 3.8) is 0 Å². The van der Waals surface area contributed by atoms with Crippen molar-refractivity contribution < 1.29 is 19.2 Å². The molecular formula is C5H15O4P. The van der Waals surface area contributed by atoms with Crippen molar-refractivity contribution in [2.24, 2.45) is 5.41 Å². The van der Waals surface area contributed by atoms with Crippen LogP contribution in [0.4, 0.5) is 0 Å². The molecule has 0 aromatic heterocycles. The van der Waals surface area contributed by atoms with Crippen molar-refractivity contribution in [2.75, 3.05) is 0 Å². The smallest absolute Gasteiger partial charge is 0.303 e. The van der Waals surface area contributed by atoms with E-state index < -0.39 is 7.82 Å². The fourth-order valence-electron chi connectivity index (χ4n) is 0. The summed E-state index contributed by atoms with van der Waals surface area (Å²) in [5.74, 6) is 0. The van der Waals surface area contributed by atoms with Gasteiger partial charge in [-0.2, -0.15) is 0 Å². The molecule has 0 spiro atoms. The highest BCUT2D eigenvalue weighted by Crippen LogP contribution is 2.25. The molecular weight excluding hydrogens is 155 g/mol. The predicted octanol–water partition coefficient (Wildman–Crippen LogP) is 1.12. The molecule has 5 heteroatoms. The molecule has 64 valence electrons. The molecule has 0 amide bonds. The SMILES string of the molecule is CC(C)(C)C.O=P(O)(O)O. The Kier molecular flexibility index (Phi) is 5.21. The second kappa shape index (κ2) is 4.09. The van der Waals surface area contributed by atoms with Crippen molar-refractivity contribution in [2.45, 2.75) is 27.7 Å². The lowest BCUT2D eigenvalue weighted by Crippen LogP contribution is -1.93. The Bertz CT molecular complexity index is 106. The molecule has 0 rings (SSSR count). The average molecular weight is 170 g/mol. The normalized spacial score (nSPS) is 11.9. The lowest BCUT2D eigenvalue weighted by molar-refractivity contribution is 0.275. The predicted molar refractivity (Wildman–Crippen MR) is 39.4 cm³/mol. The summed E-state index contributed by atoms with van der Waals surface area (Å²) in [6.07, 6.45) is 0. The minimum Gasteiger partial charge on any atom is -0.303 e. The van der Waals surface area contributed by atoms with Gasteiger partial charge in [0, 0.05) is 0 Å². The quantitative estimate of drug-likeness (QED) is 0.476. The first-order valence-electron chi connectivity index (χ1n) is 2.78. The Labute approximate surface area is 61.1 Å². The fraction of sp³-hybridized carbons (Fsp3) is 1.00. The molecule has 3 N–H and O–H groups in total. The summed E-state index contributed by atoms with van der Waals surface area (Å²) in [5.41, 5.74) is 0.500. The summed E-state index contributed by atoms with van der Waals surface area (Å²) in [5, 5.41) is 0. The van der Waals surface area contributed by atoms with E-state index in [4.69, 9.17) is 19.2 Å². The molecule has 0 aromatic carbocycles. The van der Waals surface area contributed by atoms with Gasteiger partial charge in [-0.3, -0.25) is 0 Å². The maximum absolute atomic E-state index is 8.88. The van der Waals surface area contributed by atoms with Crippen LogP contribution < -0.4 is 0 Å². The Balaban J connectivity index is 0. The first-order valence-corrected chi connectivity index (χ1v) is 4.35. The first kappa shape index (κ1) is 12.8. The zero-order valence-corrected chi connectivity index (χ0v) is 7.59. The molecule has 0 aliphatic heterocycles. The zero-order valence-electron chi connectivity index (χ0n) is 6.70. The summed E-state index contributed by atoms with van der Waals surface area (Å²) in [7, 11) is -4.64. The van der Waals surface area contributed by atoms with Gasteiger partial charge in [0.2, 0.25) is 0 Å². The number of hydrogen-bond acceptors (Lipinski definition) is 1. The van der Waals surface area contributed by atoms with Crippen LogP contribution in [0.25, 0.3) is 0 Å². The van der Waals surface area contributed by atoms with Crippen LogP contribution >= 0.6 is 7.82 Å². The van der Waals surface area contributed by atoms with Crippen molar-refractivity contribution in [3.8, 4) is 0 Å². The molecule has 0 aromatic rings. The van der Waals surface area contributed by atoms with Crippen molar-refractivity contribution in [1.82, 2.24) is 0 Å². The van der Waals surface area contributed by atoms with Gasteiger partial charge in [0.1, 0.15) is 0 Å². The van der Waals surface area contributed by atoms with Gasteiger partial charge in [0.15, 0.2) is 0 Å². The molecule has 0 aliphatic rings. The largest absolute Gasteiger partial charge is 0.466 e. The van der Waals surface area contributed by atoms with E-state index in [2.05, 4.69) is 27.7 Å². The van der Waals surface area contributed by atoms with Gasteiger partial charge in [-0.05, 0) is 5.41 Å². The summed E-state index contributed by atoms with van der Waals surface area (Å²) >= 11 is 0. The van der Waals surface area contributed by atoms with E-state index in [9.17, 15) is 0 Å². The van der Waals surface area contributed by atoms with Crippen molar-refractivity contribution in [1.29, 1.82) is 0 Å². The Morgan fingerprint density at radius 3 is 1.00 bits per heavy atom. The van der Waals surface area contributed by atoms with Gasteiger partial charge in [0.05, 0.1) is 0 Å². The highest BCUT2D eigenvalue weighted by Gasteiger charge is 2.00. The van der Waals surface area contributed by atoms with E-state index in [-0.39, 0.29) is 0 Å². The second-order valence-corrected chi connectivity index (χ2v) is 4.54. The lowest BCUT2D eigenvalue weighted by atomic mass is 10.0. The van der Waals surface area contributed by atoms with E-state index in [1.54, 1.807) is 0 Å². The van der Waals surface area contributed by atoms with E-state index >= 15 is 0 Å². The van der Waals surface area contributed by atoms with Crippen LogP contribution in [0.2, 0.25) is 0 Å². The summed E-state index contributed by atoms with van der Waals surface area (Å²) in [6.45, 7) is 8.75. The van der Waals surface area contributed by atoms with Gasteiger partial charge in [0.25, 0.3) is 0 Å². The van der Waals surface area contributed by atoms with E-state index in [1.807, 2.05) is 0 Å². The summed E-state index contributed by atoms with van der Waals surface area (Å²) in [4.78, 5) is 21.6. The number of hydrogen-bond donors (Lipinski definition) is 3. The maximum Gasteiger partial charge on any atom is 0.466 e. The standard InChI is InChI=1S/C5H12.H3O4P/c2*1-5(2,3)4/h1-4H3;(H3,1,2,3,4). The Hall–Kier alpha value is 0.110. The number of phosphoric acid groups is 1. The van der Waals surface area contributed by atoms with Gasteiger partial charge in [-0.15, -0.1) is 0 Å². The van der Waals surface area contributed by atoms with E-state index in [0.717, 1.165) is 0 Å². The highest BCUT2D eigenvalue weighted by molar-refractivity contribution is 7.45. The van der Waals surface area contributed by atoms with Crippen LogP contribution in [0.15, 0.2) is 0 Å². The van der Waals surface area contributed by atoms with Crippen LogP contribution in [0, 0.1) is 5.41 Å². The highest BCUT2D eigenvalue weighted by atomic mass is 31.2. The molecule has 0 unspecified atom stereocenters. The van der Waals surface area contributed by atoms with Crippen molar-refractivity contribution in [3.05, 3.63) is 0 Å². The molecule has 0 aliphatic carbocycles. The molecule has 0 radical (unpaired) electrons. The van der Waals surface area contributed by atoms with Gasteiger partial charge >= 0.3 is 7.82 Å². The second-order valence-electron chi connectivity index (χ2n) is 3.51. The van der Waals surface area contributed by atoms with Crippen LogP contribution in [0.1, 0.15) is 27.7 Å². The minimum atomic E-state index is -4.64. The monoisotopic (exact) mass is 170 g/mol. The fourth-order valence-corrected chi connectivity index (χ4v) is 0. The Morgan fingerprint density at radius 1 is 1.00 bits per heavy atom. The third-order valence-electron chi connectivity index (χ3n) is 0. The van der Waals surface area contributed by atoms with Gasteiger partial charge < -0.3 is 14.7 Å². The average Bonchev–Trinajstić information content (AvgIpc) is 1.12. The van der Waals surface area contributed by atoms with Crippen LogP contribution in [0.3, 0.4) is 0 Å². The van der Waals surface area contributed by atoms with E-state index in [0.29, 0.717) is 5.41 Å². The van der Waals surface area contributed by atoms with Gasteiger partial charge in [-0.1, -0.05) is 27.7 Å². The molecule has 0 saturated carbocycles. The molecule has 0 atom stereocenters. The third kappa shape index (κ3) is 33900. The summed E-state index contributed by atoms with van der Waals surface area (Å²) in [6, 6.07) is 0. The molecule has 0 heterocycles. The summed E-state index contributed by atoms with van der Waals surface area (Å²) < 4.78 is 8.88. The third-order valence-corrected chi connectivity index (χ3v) is 0. The lowest BCUT2D eigenvalue weighted by Gasteiger charge is -2.05. The van der Waals surface area contributed by atoms with Crippen LogP contribution in [-0.2, 0) is 4.57 Å². The topological polar surface area (TPSA) is 77.8 Å². The zero-order chi connectivity index (χ0) is 9.00. The van der Waals surface area contributed by atoms with Crippen LogP contribution in [0.5, 0.6) is 0 Å². The molecule has 10 heavy (non-hydrogen) atoms. The van der Waals surface area contributed by atoms with E-state index in [1.165, 1.54) is 0 Å². The molecule has 0 bridgehead atoms. The van der Waals surface area contributed by atoms with Gasteiger partial charge in [-0.25, -0.2) is 4.57 Å². The van der Waals surface area contributed by atoms with Crippen molar-refractivity contribution >= 4 is 7.82 Å². The molecule has 0 saturated heterocycles. The minimum absolute atomic E-state index is 0.500. The Morgan fingerprint density at radius 2 is 1.00 bits per heavy atom. The van der Waals surface area contributed by atoms with Crippen LogP contribution in [-0.4, -0.2) is 14.7 Å². The first-order chi connectivity index (χ1) is 4.00.